The Kier molecular flexibility index (Phi) is 5.78. The van der Waals surface area contributed by atoms with Gasteiger partial charge >= 0.3 is 5.97 Å². The van der Waals surface area contributed by atoms with Crippen molar-refractivity contribution < 1.29 is 23.5 Å². The third-order valence-corrected chi connectivity index (χ3v) is 3.41. The minimum Gasteiger partial charge on any atom is -0.480 e. The molecule has 0 unspecified atom stereocenters. The summed E-state index contributed by atoms with van der Waals surface area (Å²) >= 11 is 0. The molecule has 0 aliphatic carbocycles. The molecule has 1 aromatic carbocycles. The summed E-state index contributed by atoms with van der Waals surface area (Å²) in [5.74, 6) is -3.64. The lowest BCUT2D eigenvalue weighted by Gasteiger charge is -2.27. The summed E-state index contributed by atoms with van der Waals surface area (Å²) in [4.78, 5) is 23.0. The maximum atomic E-state index is 13.0. The van der Waals surface area contributed by atoms with Crippen LogP contribution < -0.4 is 10.6 Å². The molecule has 1 amide bonds. The third kappa shape index (κ3) is 4.22. The van der Waals surface area contributed by atoms with Crippen molar-refractivity contribution in [3.8, 4) is 0 Å². The molecule has 0 aliphatic rings. The molecule has 0 aliphatic heterocycles. The Morgan fingerprint density at radius 1 is 1.19 bits per heavy atom. The van der Waals surface area contributed by atoms with Gasteiger partial charge in [-0.2, -0.15) is 0 Å². The van der Waals surface area contributed by atoms with Gasteiger partial charge in [0.25, 0.3) is 0 Å². The summed E-state index contributed by atoms with van der Waals surface area (Å²) in [6.07, 6.45) is 0.634. The maximum absolute atomic E-state index is 13.0. The van der Waals surface area contributed by atoms with Gasteiger partial charge in [-0.25, -0.2) is 8.78 Å². The van der Waals surface area contributed by atoms with Crippen molar-refractivity contribution in [3.63, 3.8) is 0 Å². The van der Waals surface area contributed by atoms with Gasteiger partial charge in [-0.15, -0.1) is 0 Å². The van der Waals surface area contributed by atoms with Crippen molar-refractivity contribution >= 4 is 17.6 Å². The highest BCUT2D eigenvalue weighted by atomic mass is 19.2. The lowest BCUT2D eigenvalue weighted by Crippen LogP contribution is -2.53. The minimum absolute atomic E-state index is 0.106. The van der Waals surface area contributed by atoms with E-state index in [1.54, 1.807) is 13.8 Å². The van der Waals surface area contributed by atoms with Gasteiger partial charge in [-0.05, 0) is 25.0 Å². The van der Waals surface area contributed by atoms with E-state index >= 15 is 0 Å². The number of rotatable bonds is 7. The maximum Gasteiger partial charge on any atom is 0.323 e. The number of nitrogens with one attached hydrogen (secondary N) is 2. The van der Waals surface area contributed by atoms with Crippen molar-refractivity contribution in [1.29, 1.82) is 0 Å². The van der Waals surface area contributed by atoms with Gasteiger partial charge in [0, 0.05) is 11.8 Å². The second-order valence-corrected chi connectivity index (χ2v) is 4.62. The first-order chi connectivity index (χ1) is 9.84. The van der Waals surface area contributed by atoms with E-state index in [4.69, 9.17) is 0 Å². The van der Waals surface area contributed by atoms with Crippen LogP contribution in [0.25, 0.3) is 0 Å². The monoisotopic (exact) mass is 300 g/mol. The number of benzene rings is 1. The van der Waals surface area contributed by atoms with Crippen molar-refractivity contribution in [2.24, 2.45) is 0 Å². The van der Waals surface area contributed by atoms with Gasteiger partial charge in [-0.1, -0.05) is 13.8 Å². The Balaban J connectivity index is 2.65. The predicted molar refractivity (Wildman–Crippen MR) is 73.9 cm³/mol. The summed E-state index contributed by atoms with van der Waals surface area (Å²) in [7, 11) is 0. The molecule has 3 N–H and O–H groups in total. The van der Waals surface area contributed by atoms with E-state index in [9.17, 15) is 23.5 Å². The van der Waals surface area contributed by atoms with Crippen LogP contribution in [-0.2, 0) is 9.59 Å². The fraction of sp³-hybridized carbons (Fsp3) is 0.429. The van der Waals surface area contributed by atoms with E-state index in [2.05, 4.69) is 10.6 Å². The van der Waals surface area contributed by atoms with Gasteiger partial charge < -0.3 is 10.4 Å². The summed E-state index contributed by atoms with van der Waals surface area (Å²) in [6, 6.07) is 2.98. The van der Waals surface area contributed by atoms with E-state index < -0.39 is 29.0 Å². The highest BCUT2D eigenvalue weighted by Crippen LogP contribution is 2.16. The van der Waals surface area contributed by atoms with Crippen molar-refractivity contribution in [2.45, 2.75) is 32.2 Å². The van der Waals surface area contributed by atoms with Gasteiger partial charge in [0.2, 0.25) is 5.91 Å². The zero-order valence-corrected chi connectivity index (χ0v) is 11.9. The number of anilines is 1. The number of aliphatic carboxylic acids is 1. The van der Waals surface area contributed by atoms with Crippen LogP contribution in [0, 0.1) is 11.6 Å². The number of halogens is 2. The first kappa shape index (κ1) is 17.0. The molecular weight excluding hydrogens is 282 g/mol. The molecule has 0 aromatic heterocycles. The topological polar surface area (TPSA) is 78.4 Å². The Labute approximate surface area is 121 Å². The van der Waals surface area contributed by atoms with Crippen LogP contribution in [0.2, 0.25) is 0 Å². The zero-order valence-electron chi connectivity index (χ0n) is 11.9. The molecule has 0 fully saturated rings. The second-order valence-electron chi connectivity index (χ2n) is 4.62. The molecule has 21 heavy (non-hydrogen) atoms. The van der Waals surface area contributed by atoms with Crippen LogP contribution in [0.15, 0.2) is 18.2 Å². The first-order valence-electron chi connectivity index (χ1n) is 6.58. The summed E-state index contributed by atoms with van der Waals surface area (Å²) in [5, 5.41) is 14.3. The highest BCUT2D eigenvalue weighted by Gasteiger charge is 2.34. The standard InChI is InChI=1S/C14H18F2N2O3/c1-3-14(4-2,13(20)21)17-8-12(19)18-9-5-6-10(15)11(16)7-9/h5-7,17H,3-4,8H2,1-2H3,(H,18,19)(H,20,21). The average molecular weight is 300 g/mol. The van der Waals surface area contributed by atoms with Crippen molar-refractivity contribution in [3.05, 3.63) is 29.8 Å². The first-order valence-corrected chi connectivity index (χ1v) is 6.58. The molecule has 7 heteroatoms. The number of carbonyl (C=O) groups is 2. The van der Waals surface area contributed by atoms with Crippen molar-refractivity contribution in [1.82, 2.24) is 5.32 Å². The third-order valence-electron chi connectivity index (χ3n) is 3.41. The van der Waals surface area contributed by atoms with E-state index in [0.717, 1.165) is 12.1 Å². The molecule has 0 bridgehead atoms. The van der Waals surface area contributed by atoms with Crippen LogP contribution in [0.5, 0.6) is 0 Å². The van der Waals surface area contributed by atoms with E-state index in [1.165, 1.54) is 6.07 Å². The smallest absolute Gasteiger partial charge is 0.323 e. The SMILES string of the molecule is CCC(CC)(NCC(=O)Nc1ccc(F)c(F)c1)C(=O)O. The molecule has 0 atom stereocenters. The largest absolute Gasteiger partial charge is 0.480 e. The minimum atomic E-state index is -1.18. The van der Waals surface area contributed by atoms with E-state index in [-0.39, 0.29) is 12.2 Å². The quantitative estimate of drug-likeness (QED) is 0.721. The Hall–Kier alpha value is -2.02. The fourth-order valence-corrected chi connectivity index (χ4v) is 1.91. The van der Waals surface area contributed by atoms with Gasteiger partial charge in [0.15, 0.2) is 11.6 Å². The fourth-order valence-electron chi connectivity index (χ4n) is 1.91. The second kappa shape index (κ2) is 7.12. The molecule has 1 rings (SSSR count). The summed E-state index contributed by atoms with van der Waals surface area (Å²) in [6.45, 7) is 3.17. The molecule has 0 heterocycles. The number of carboxylic acid groups (broad SMARTS) is 1. The summed E-state index contributed by atoms with van der Waals surface area (Å²) in [5.41, 5.74) is -1.07. The molecule has 0 radical (unpaired) electrons. The molecule has 5 nitrogen and oxygen atoms in total. The van der Waals surface area contributed by atoms with Crippen LogP contribution in [0.3, 0.4) is 0 Å². The Morgan fingerprint density at radius 2 is 1.81 bits per heavy atom. The van der Waals surface area contributed by atoms with Crippen LogP contribution in [0.4, 0.5) is 14.5 Å². The number of hydrogen-bond acceptors (Lipinski definition) is 3. The Bertz CT molecular complexity index is 531. The molecule has 116 valence electrons. The average Bonchev–Trinajstić information content (AvgIpc) is 2.44. The number of carbonyl (C=O) groups excluding carboxylic acids is 1. The van der Waals surface area contributed by atoms with Crippen molar-refractivity contribution in [2.75, 3.05) is 11.9 Å². The normalized spacial score (nSPS) is 11.2. The molecule has 0 saturated heterocycles. The van der Waals surface area contributed by atoms with Gasteiger partial charge in [0.05, 0.1) is 6.54 Å². The molecule has 0 saturated carbocycles. The predicted octanol–water partition coefficient (Wildman–Crippen LogP) is 2.14. The highest BCUT2D eigenvalue weighted by molar-refractivity contribution is 5.92. The number of amides is 1. The van der Waals surface area contributed by atoms with Gasteiger partial charge in [0.1, 0.15) is 5.54 Å². The van der Waals surface area contributed by atoms with E-state index in [0.29, 0.717) is 12.8 Å². The van der Waals surface area contributed by atoms with Crippen LogP contribution in [-0.4, -0.2) is 29.1 Å². The molecular formula is C14H18F2N2O3. The number of hydrogen-bond donors (Lipinski definition) is 3. The van der Waals surface area contributed by atoms with Crippen LogP contribution in [0.1, 0.15) is 26.7 Å². The zero-order chi connectivity index (χ0) is 16.0. The van der Waals surface area contributed by atoms with Gasteiger partial charge in [-0.3, -0.25) is 14.9 Å². The number of carboxylic acids is 1. The summed E-state index contributed by atoms with van der Waals surface area (Å²) < 4.78 is 25.8. The van der Waals surface area contributed by atoms with E-state index in [1.807, 2.05) is 0 Å². The lowest BCUT2D eigenvalue weighted by molar-refractivity contribution is -0.145. The Morgan fingerprint density at radius 3 is 2.29 bits per heavy atom. The lowest BCUT2D eigenvalue weighted by atomic mass is 9.93. The molecule has 1 aromatic rings. The molecule has 0 spiro atoms. The van der Waals surface area contributed by atoms with Crippen LogP contribution >= 0.6 is 0 Å².